The van der Waals surface area contributed by atoms with Crippen LogP contribution in [0.4, 0.5) is 26.1 Å². The molecule has 0 fully saturated rings. The van der Waals surface area contributed by atoms with E-state index >= 15 is 0 Å². The summed E-state index contributed by atoms with van der Waals surface area (Å²) in [6, 6.07) is 3.70. The van der Waals surface area contributed by atoms with Crippen molar-refractivity contribution in [1.82, 2.24) is 0 Å². The van der Waals surface area contributed by atoms with Gasteiger partial charge in [-0.05, 0) is 12.1 Å². The number of hydrogen-bond acceptors (Lipinski definition) is 0. The van der Waals surface area contributed by atoms with Crippen molar-refractivity contribution in [2.24, 2.45) is 0 Å². The number of alkyl halides is 3. The van der Waals surface area contributed by atoms with Gasteiger partial charge in [-0.15, -0.1) is 0 Å². The average molecular weight is 300 g/mol. The fraction of sp³-hybridized carbons (Fsp3) is 0.250. The Labute approximate surface area is 141 Å². The molecule has 0 bridgehead atoms. The first-order valence-electron chi connectivity index (χ1n) is 4.14. The van der Waals surface area contributed by atoms with Crippen molar-refractivity contribution < 1.29 is 77.5 Å². The minimum absolute atomic E-state index is 0. The minimum atomic E-state index is -6.05. The smallest absolute Gasteiger partial charge is 0.448 e. The zero-order valence-electron chi connectivity index (χ0n) is 8.61. The Morgan fingerprint density at radius 2 is 1.65 bits per heavy atom. The van der Waals surface area contributed by atoms with E-state index in [0.717, 1.165) is 12.1 Å². The molecule has 1 atom stereocenters. The van der Waals surface area contributed by atoms with Gasteiger partial charge < -0.3 is 12.9 Å². The molecule has 0 spiro atoms. The Morgan fingerprint density at radius 1 is 1.12 bits per heavy atom. The van der Waals surface area contributed by atoms with Crippen LogP contribution in [0.3, 0.4) is 0 Å². The molecule has 9 heteroatoms. The maximum atomic E-state index is 12.3. The van der Waals surface area contributed by atoms with Crippen molar-refractivity contribution in [3.63, 3.8) is 0 Å². The van der Waals surface area contributed by atoms with Crippen LogP contribution >= 0.6 is 11.6 Å². The second kappa shape index (κ2) is 6.29. The Bertz CT molecular complexity index is 363. The Balaban J connectivity index is 0.00000256. The van der Waals surface area contributed by atoms with E-state index in [-0.39, 0.29) is 56.4 Å². The van der Waals surface area contributed by atoms with Gasteiger partial charge in [0.1, 0.15) is 0 Å². The van der Waals surface area contributed by atoms with Gasteiger partial charge in [0.2, 0.25) is 0 Å². The van der Waals surface area contributed by atoms with E-state index in [0.29, 0.717) is 6.07 Å². The van der Waals surface area contributed by atoms with Gasteiger partial charge >= 0.3 is 64.5 Å². The van der Waals surface area contributed by atoms with Gasteiger partial charge in [-0.25, -0.2) is 0 Å². The molecule has 1 rings (SSSR count). The number of rotatable bonds is 2. The van der Waals surface area contributed by atoms with Crippen molar-refractivity contribution in [3.8, 4) is 0 Å². The van der Waals surface area contributed by atoms with Crippen LogP contribution in [0.25, 0.3) is 0 Å². The predicted octanol–water partition coefficient (Wildman–Crippen LogP) is 1.38. The molecule has 90 valence electrons. The summed E-state index contributed by atoms with van der Waals surface area (Å²) in [6.45, 7) is -6.05. The Hall–Kier alpha value is 0.791. The zero-order chi connectivity index (χ0) is 12.6. The van der Waals surface area contributed by atoms with Gasteiger partial charge in [0.05, 0.1) is 0 Å². The monoisotopic (exact) mass is 300 g/mol. The van der Waals surface area contributed by atoms with E-state index < -0.39 is 24.5 Å². The molecular formula is C8H5BClF6K. The molecule has 0 nitrogen and oxygen atoms in total. The van der Waals surface area contributed by atoms with E-state index in [1.807, 2.05) is 0 Å². The van der Waals surface area contributed by atoms with Gasteiger partial charge in [0.25, 0.3) is 0 Å². The summed E-state index contributed by atoms with van der Waals surface area (Å²) >= 11 is 5.36. The van der Waals surface area contributed by atoms with Gasteiger partial charge in [-0.1, -0.05) is 29.3 Å². The van der Waals surface area contributed by atoms with Crippen LogP contribution in [0, 0.1) is 0 Å². The third-order valence-corrected chi connectivity index (χ3v) is 2.17. The summed E-state index contributed by atoms with van der Waals surface area (Å²) in [5.41, 5.74) is -0.882. The predicted molar refractivity (Wildman–Crippen MR) is 49.3 cm³/mol. The third-order valence-electron chi connectivity index (χ3n) is 1.94. The van der Waals surface area contributed by atoms with Crippen molar-refractivity contribution in [2.75, 3.05) is 0 Å². The first-order valence-corrected chi connectivity index (χ1v) is 4.52. The van der Waals surface area contributed by atoms with E-state index in [9.17, 15) is 26.1 Å². The van der Waals surface area contributed by atoms with E-state index in [1.54, 1.807) is 0 Å². The van der Waals surface area contributed by atoms with Crippen molar-refractivity contribution >= 4 is 18.6 Å². The van der Waals surface area contributed by atoms with Gasteiger partial charge in [0.15, 0.2) is 0 Å². The molecule has 1 aromatic rings. The first-order chi connectivity index (χ1) is 7.12. The molecule has 17 heavy (non-hydrogen) atoms. The topological polar surface area (TPSA) is 0 Å². The standard InChI is InChI=1S/C8H5BClF6.K/c10-6-3-1-2-5(4-6)7(8(11,12)13)9(14,15)16;/h1-4,7H;/q-1;+1. The number of hydrogen-bond donors (Lipinski definition) is 0. The summed E-state index contributed by atoms with van der Waals surface area (Å²) in [4.78, 5) is 0. The van der Waals surface area contributed by atoms with E-state index in [4.69, 9.17) is 11.6 Å². The quantitative estimate of drug-likeness (QED) is 0.572. The van der Waals surface area contributed by atoms with Crippen LogP contribution in [0.2, 0.25) is 5.02 Å². The van der Waals surface area contributed by atoms with Crippen molar-refractivity contribution in [1.29, 1.82) is 0 Å². The van der Waals surface area contributed by atoms with Crippen LogP contribution in [0.5, 0.6) is 0 Å². The summed E-state index contributed by atoms with van der Waals surface area (Å²) in [6.07, 6.45) is -5.36. The molecule has 0 radical (unpaired) electrons. The Kier molecular flexibility index (Phi) is 6.59. The average Bonchev–Trinajstić information content (AvgIpc) is 1.97. The molecule has 0 heterocycles. The molecule has 0 aliphatic rings. The first kappa shape index (κ1) is 17.8. The number of benzene rings is 1. The van der Waals surface area contributed by atoms with Crippen LogP contribution < -0.4 is 51.4 Å². The zero-order valence-corrected chi connectivity index (χ0v) is 12.5. The molecule has 1 aromatic carbocycles. The van der Waals surface area contributed by atoms with E-state index in [1.165, 1.54) is 6.07 Å². The summed E-state index contributed by atoms with van der Waals surface area (Å²) in [5, 5.41) is -0.160. The molecule has 0 aliphatic carbocycles. The van der Waals surface area contributed by atoms with Crippen LogP contribution in [0.15, 0.2) is 24.3 Å². The molecule has 0 aliphatic heterocycles. The third kappa shape index (κ3) is 5.12. The maximum Gasteiger partial charge on any atom is 1.00 e. The SMILES string of the molecule is F[B-](F)(F)C(c1cccc(Cl)c1)C(F)(F)F.[K+]. The molecular weight excluding hydrogens is 295 g/mol. The molecule has 0 amide bonds. The van der Waals surface area contributed by atoms with Crippen LogP contribution in [-0.2, 0) is 0 Å². The number of halogens is 7. The molecule has 0 N–H and O–H groups in total. The normalized spacial score (nSPS) is 14.1. The fourth-order valence-corrected chi connectivity index (χ4v) is 1.52. The van der Waals surface area contributed by atoms with Crippen LogP contribution in [-0.4, -0.2) is 13.2 Å². The van der Waals surface area contributed by atoms with Crippen LogP contribution in [0.1, 0.15) is 11.4 Å². The van der Waals surface area contributed by atoms with Gasteiger partial charge in [0, 0.05) is 10.8 Å². The van der Waals surface area contributed by atoms with Crippen molar-refractivity contribution in [3.05, 3.63) is 34.9 Å². The van der Waals surface area contributed by atoms with E-state index in [2.05, 4.69) is 0 Å². The van der Waals surface area contributed by atoms with Gasteiger partial charge in [-0.3, -0.25) is 0 Å². The minimum Gasteiger partial charge on any atom is -0.448 e. The van der Waals surface area contributed by atoms with Gasteiger partial charge in [-0.2, -0.15) is 13.2 Å². The molecule has 1 unspecified atom stereocenters. The largest absolute Gasteiger partial charge is 1.00 e. The Morgan fingerprint density at radius 3 is 2.00 bits per heavy atom. The maximum absolute atomic E-state index is 12.3. The van der Waals surface area contributed by atoms with Crippen molar-refractivity contribution in [2.45, 2.75) is 12.0 Å². The fourth-order valence-electron chi connectivity index (χ4n) is 1.32. The summed E-state index contributed by atoms with van der Waals surface area (Å²) < 4.78 is 73.9. The second-order valence-corrected chi connectivity index (χ2v) is 3.64. The second-order valence-electron chi connectivity index (χ2n) is 3.20. The molecule has 0 aromatic heterocycles. The molecule has 0 saturated heterocycles. The molecule has 0 saturated carbocycles. The summed E-state index contributed by atoms with van der Waals surface area (Å²) in [7, 11) is 0. The summed E-state index contributed by atoms with van der Waals surface area (Å²) in [5.74, 6) is -3.44.